The molecule has 1 unspecified atom stereocenters. The molecule has 4 nitrogen and oxygen atoms in total. The average molecular weight is 442 g/mol. The molecule has 0 aromatic rings. The summed E-state index contributed by atoms with van der Waals surface area (Å²) >= 11 is 0. The van der Waals surface area contributed by atoms with Crippen LogP contribution in [-0.2, 0) is 4.79 Å². The summed E-state index contributed by atoms with van der Waals surface area (Å²) in [5, 5.41) is 18.1. The number of unbranched alkanes of at least 4 members (excludes halogenated alkanes) is 11. The molecular formula is C23H46F3NO3. The van der Waals surface area contributed by atoms with Gasteiger partial charge in [0.05, 0.1) is 33.8 Å². The first-order valence-electron chi connectivity index (χ1n) is 11.7. The first kappa shape index (κ1) is 31.4. The van der Waals surface area contributed by atoms with Gasteiger partial charge < -0.3 is 19.5 Å². The molecule has 1 atom stereocenters. The van der Waals surface area contributed by atoms with Crippen LogP contribution in [0.25, 0.3) is 0 Å². The number of halogens is 3. The van der Waals surface area contributed by atoms with Gasteiger partial charge in [-0.25, -0.2) is 0 Å². The summed E-state index contributed by atoms with van der Waals surface area (Å²) in [5.41, 5.74) is 0. The zero-order chi connectivity index (χ0) is 23.5. The van der Waals surface area contributed by atoms with Crippen molar-refractivity contribution in [3.05, 3.63) is 0 Å². The van der Waals surface area contributed by atoms with Gasteiger partial charge in [-0.3, -0.25) is 0 Å². The molecular weight excluding hydrogens is 395 g/mol. The van der Waals surface area contributed by atoms with Gasteiger partial charge >= 0.3 is 6.18 Å². The fourth-order valence-corrected chi connectivity index (χ4v) is 3.49. The van der Waals surface area contributed by atoms with E-state index in [0.29, 0.717) is 12.5 Å². The highest BCUT2D eigenvalue weighted by molar-refractivity contribution is 5.70. The Morgan fingerprint density at radius 1 is 0.867 bits per heavy atom. The van der Waals surface area contributed by atoms with Gasteiger partial charge in [0, 0.05) is 5.92 Å². The highest BCUT2D eigenvalue weighted by Gasteiger charge is 2.28. The van der Waals surface area contributed by atoms with E-state index in [9.17, 15) is 18.3 Å². The lowest BCUT2D eigenvalue weighted by Gasteiger charge is -2.32. The Bertz CT molecular complexity index is 398. The second kappa shape index (κ2) is 18.9. The minimum absolute atomic E-state index is 0.344. The quantitative estimate of drug-likeness (QED) is 0.253. The number of aliphatic hydroxyl groups is 1. The number of aliphatic hydroxyl groups excluding tert-OH is 1. The number of nitrogens with zero attached hydrogens (tertiary/aromatic N) is 1. The molecule has 0 aromatic heterocycles. The molecule has 0 bridgehead atoms. The zero-order valence-electron chi connectivity index (χ0n) is 19.7. The number of carbonyl (C=O) groups is 1. The molecule has 0 aliphatic carbocycles. The average Bonchev–Trinajstić information content (AvgIpc) is 2.66. The number of carboxylic acids is 1. The highest BCUT2D eigenvalue weighted by atomic mass is 19.4. The van der Waals surface area contributed by atoms with Gasteiger partial charge in [0.2, 0.25) is 0 Å². The van der Waals surface area contributed by atoms with Gasteiger partial charge in [-0.15, -0.1) is 0 Å². The fourth-order valence-electron chi connectivity index (χ4n) is 3.49. The number of carbonyl (C=O) groups excluding carboxylic acids is 1. The standard InChI is InChI=1S/C21H46NO.C2HF3O2/c1-5-7-8-9-10-11-12-13-14-15-16-17-18-22(3,4)19-21(6-2)20-23;3-2(4,5)1(6)7/h21,23H,5-20H2,1-4H3;(H,6,7)/q+1;/p-1. The van der Waals surface area contributed by atoms with Crippen molar-refractivity contribution in [1.82, 2.24) is 0 Å². The molecule has 0 spiro atoms. The fraction of sp³-hybridized carbons (Fsp3) is 0.957. The molecule has 0 saturated heterocycles. The van der Waals surface area contributed by atoms with Crippen LogP contribution < -0.4 is 5.11 Å². The third-order valence-corrected chi connectivity index (χ3v) is 5.44. The summed E-state index contributed by atoms with van der Waals surface area (Å²) in [6, 6.07) is 0. The van der Waals surface area contributed by atoms with E-state index in [4.69, 9.17) is 9.90 Å². The molecule has 182 valence electrons. The van der Waals surface area contributed by atoms with Gasteiger partial charge in [-0.05, 0) is 19.3 Å². The maximum absolute atomic E-state index is 10.5. The van der Waals surface area contributed by atoms with Crippen LogP contribution in [0.15, 0.2) is 0 Å². The molecule has 30 heavy (non-hydrogen) atoms. The van der Waals surface area contributed by atoms with Crippen LogP contribution in [0.5, 0.6) is 0 Å². The van der Waals surface area contributed by atoms with E-state index >= 15 is 0 Å². The topological polar surface area (TPSA) is 60.4 Å². The molecule has 0 amide bonds. The first-order valence-corrected chi connectivity index (χ1v) is 11.7. The van der Waals surface area contributed by atoms with Crippen LogP contribution in [0, 0.1) is 5.92 Å². The van der Waals surface area contributed by atoms with Gasteiger partial charge in [0.1, 0.15) is 5.97 Å². The summed E-state index contributed by atoms with van der Waals surface area (Å²) < 4.78 is 32.6. The predicted molar refractivity (Wildman–Crippen MR) is 115 cm³/mol. The summed E-state index contributed by atoms with van der Waals surface area (Å²) in [7, 11) is 4.63. The van der Waals surface area contributed by atoms with Crippen molar-refractivity contribution in [3.63, 3.8) is 0 Å². The van der Waals surface area contributed by atoms with Crippen molar-refractivity contribution in [2.75, 3.05) is 33.8 Å². The minimum atomic E-state index is -5.19. The Balaban J connectivity index is 0. The molecule has 7 heteroatoms. The minimum Gasteiger partial charge on any atom is -0.542 e. The van der Waals surface area contributed by atoms with Crippen LogP contribution in [-0.4, -0.2) is 55.5 Å². The van der Waals surface area contributed by atoms with Crippen molar-refractivity contribution in [1.29, 1.82) is 0 Å². The molecule has 0 saturated carbocycles. The van der Waals surface area contributed by atoms with E-state index in [1.54, 1.807) is 0 Å². The predicted octanol–water partition coefficient (Wildman–Crippen LogP) is 5.08. The molecule has 0 aliphatic rings. The third kappa shape index (κ3) is 21.9. The smallest absolute Gasteiger partial charge is 0.430 e. The highest BCUT2D eigenvalue weighted by Crippen LogP contribution is 2.14. The van der Waals surface area contributed by atoms with Gasteiger partial charge in [-0.2, -0.15) is 13.2 Å². The Morgan fingerprint density at radius 3 is 1.53 bits per heavy atom. The summed E-state index contributed by atoms with van der Waals surface area (Å²) in [5.74, 6) is -2.53. The molecule has 0 fully saturated rings. The maximum Gasteiger partial charge on any atom is 0.430 e. The number of hydrogen-bond donors (Lipinski definition) is 1. The second-order valence-electron chi connectivity index (χ2n) is 8.97. The second-order valence-corrected chi connectivity index (χ2v) is 8.97. The van der Waals surface area contributed by atoms with Crippen molar-refractivity contribution >= 4 is 5.97 Å². The molecule has 0 aromatic carbocycles. The van der Waals surface area contributed by atoms with Gasteiger partial charge in [0.25, 0.3) is 0 Å². The van der Waals surface area contributed by atoms with E-state index in [0.717, 1.165) is 17.4 Å². The van der Waals surface area contributed by atoms with Crippen molar-refractivity contribution in [2.45, 2.75) is 103 Å². The molecule has 0 radical (unpaired) electrons. The largest absolute Gasteiger partial charge is 0.542 e. The van der Waals surface area contributed by atoms with Crippen LogP contribution >= 0.6 is 0 Å². The lowest BCUT2D eigenvalue weighted by molar-refractivity contribution is -0.894. The van der Waals surface area contributed by atoms with Crippen molar-refractivity contribution in [3.8, 4) is 0 Å². The summed E-state index contributed by atoms with van der Waals surface area (Å²) in [4.78, 5) is 8.78. The van der Waals surface area contributed by atoms with Crippen molar-refractivity contribution < 1.29 is 32.7 Å². The molecule has 0 heterocycles. The van der Waals surface area contributed by atoms with Crippen LogP contribution in [0.2, 0.25) is 0 Å². The SMILES string of the molecule is CCCCCCCCCCCCCC[N+](C)(C)CC(CC)CO.O=C([O-])C(F)(F)F. The van der Waals surface area contributed by atoms with E-state index < -0.39 is 12.1 Å². The third-order valence-electron chi connectivity index (χ3n) is 5.44. The number of rotatable bonds is 17. The number of aliphatic carboxylic acids is 1. The van der Waals surface area contributed by atoms with Crippen LogP contribution in [0.3, 0.4) is 0 Å². The monoisotopic (exact) mass is 441 g/mol. The van der Waals surface area contributed by atoms with E-state index in [1.807, 2.05) is 0 Å². The Kier molecular flexibility index (Phi) is 19.8. The lowest BCUT2D eigenvalue weighted by atomic mass is 10.0. The molecule has 1 N–H and O–H groups in total. The first-order chi connectivity index (χ1) is 14.0. The van der Waals surface area contributed by atoms with E-state index in [2.05, 4.69) is 27.9 Å². The van der Waals surface area contributed by atoms with Gasteiger partial charge in [0.15, 0.2) is 0 Å². The van der Waals surface area contributed by atoms with E-state index in [-0.39, 0.29) is 0 Å². The molecule has 0 rings (SSSR count). The number of quaternary nitrogens is 1. The van der Waals surface area contributed by atoms with E-state index in [1.165, 1.54) is 83.6 Å². The maximum atomic E-state index is 10.5. The van der Waals surface area contributed by atoms with Crippen LogP contribution in [0.1, 0.15) is 97.3 Å². The van der Waals surface area contributed by atoms with Gasteiger partial charge in [-0.1, -0.05) is 78.1 Å². The Hall–Kier alpha value is -0.820. The Labute approximate surface area is 182 Å². The number of hydrogen-bond acceptors (Lipinski definition) is 3. The zero-order valence-corrected chi connectivity index (χ0v) is 19.7. The van der Waals surface area contributed by atoms with Crippen LogP contribution in [0.4, 0.5) is 13.2 Å². The number of carboxylic acid groups (broad SMARTS) is 1. The number of alkyl halides is 3. The summed E-state index contributed by atoms with van der Waals surface area (Å²) in [6.07, 6.45) is 12.9. The lowest BCUT2D eigenvalue weighted by Crippen LogP contribution is -2.44. The Morgan fingerprint density at radius 2 is 1.23 bits per heavy atom. The normalized spacial score (nSPS) is 12.9. The molecule has 0 aliphatic heterocycles. The summed E-state index contributed by atoms with van der Waals surface area (Å²) in [6.45, 7) is 7.19. The van der Waals surface area contributed by atoms with Crippen molar-refractivity contribution in [2.24, 2.45) is 5.92 Å².